The molecule has 1 heterocycles. The maximum Gasteiger partial charge on any atom is 0.0648 e. The van der Waals surface area contributed by atoms with Gasteiger partial charge in [-0.1, -0.05) is 44.5 Å². The summed E-state index contributed by atoms with van der Waals surface area (Å²) in [4.78, 5) is 2.64. The number of nitrogens with two attached hydrogens (primary N) is 1. The molecule has 102 valence electrons. The zero-order chi connectivity index (χ0) is 14.2. The number of benzene rings is 1. The summed E-state index contributed by atoms with van der Waals surface area (Å²) in [5, 5.41) is 0. The molecule has 1 aromatic carbocycles. The molecule has 0 spiro atoms. The molecular weight excluding hydrogens is 250 g/mol. The fourth-order valence-corrected chi connectivity index (χ4v) is 3.34. The third-order valence-corrected chi connectivity index (χ3v) is 5.03. The van der Waals surface area contributed by atoms with Crippen LogP contribution in [0.25, 0.3) is 0 Å². The van der Waals surface area contributed by atoms with Crippen molar-refractivity contribution in [3.05, 3.63) is 56.8 Å². The molecule has 1 aromatic heterocycles. The lowest BCUT2D eigenvalue weighted by atomic mass is 9.94. The first-order valence-electron chi connectivity index (χ1n) is 6.72. The maximum atomic E-state index is 6.43. The highest BCUT2D eigenvalue weighted by atomic mass is 32.1. The van der Waals surface area contributed by atoms with Gasteiger partial charge in [-0.25, -0.2) is 0 Å². The van der Waals surface area contributed by atoms with E-state index >= 15 is 0 Å². The molecule has 0 saturated carbocycles. The minimum absolute atomic E-state index is 0.0123. The summed E-state index contributed by atoms with van der Waals surface area (Å²) in [6.07, 6.45) is 0. The summed E-state index contributed by atoms with van der Waals surface area (Å²) in [6.45, 7) is 11.0. The van der Waals surface area contributed by atoms with E-state index in [4.69, 9.17) is 5.73 Å². The van der Waals surface area contributed by atoms with E-state index in [2.05, 4.69) is 65.0 Å². The van der Waals surface area contributed by atoms with Gasteiger partial charge in [0.2, 0.25) is 0 Å². The van der Waals surface area contributed by atoms with Crippen LogP contribution in [0.4, 0.5) is 0 Å². The lowest BCUT2D eigenvalue weighted by Gasteiger charge is -2.17. The fourth-order valence-electron chi connectivity index (χ4n) is 2.25. The molecule has 1 unspecified atom stereocenters. The standard InChI is InChI=1S/C17H23NS/c1-11-6-7-13(12(2)10-11)16(18)14-8-9-15(19-14)17(3,4)5/h6-10,16H,18H2,1-5H3. The van der Waals surface area contributed by atoms with Crippen LogP contribution in [-0.4, -0.2) is 0 Å². The molecule has 0 bridgehead atoms. The average molecular weight is 273 g/mol. The summed E-state index contributed by atoms with van der Waals surface area (Å²) < 4.78 is 0. The van der Waals surface area contributed by atoms with Crippen molar-refractivity contribution in [2.24, 2.45) is 5.73 Å². The Morgan fingerprint density at radius 3 is 2.26 bits per heavy atom. The van der Waals surface area contributed by atoms with Gasteiger partial charge in [0, 0.05) is 9.75 Å². The Morgan fingerprint density at radius 1 is 1.05 bits per heavy atom. The first kappa shape index (κ1) is 14.3. The van der Waals surface area contributed by atoms with Crippen molar-refractivity contribution in [1.82, 2.24) is 0 Å². The van der Waals surface area contributed by atoms with Gasteiger partial charge in [0.25, 0.3) is 0 Å². The van der Waals surface area contributed by atoms with Crippen LogP contribution in [0.1, 0.15) is 53.3 Å². The smallest absolute Gasteiger partial charge is 0.0648 e. The predicted octanol–water partition coefficient (Wildman–Crippen LogP) is 4.71. The van der Waals surface area contributed by atoms with Gasteiger partial charge in [0.1, 0.15) is 0 Å². The second-order valence-electron chi connectivity index (χ2n) is 6.29. The molecule has 0 fully saturated rings. The number of thiophene rings is 1. The number of aryl methyl sites for hydroxylation is 2. The molecule has 1 nitrogen and oxygen atoms in total. The van der Waals surface area contributed by atoms with Crippen molar-refractivity contribution < 1.29 is 0 Å². The Bertz CT molecular complexity index is 575. The molecule has 0 aliphatic heterocycles. The third kappa shape index (κ3) is 3.07. The van der Waals surface area contributed by atoms with Crippen LogP contribution in [-0.2, 0) is 5.41 Å². The first-order valence-corrected chi connectivity index (χ1v) is 7.53. The second-order valence-corrected chi connectivity index (χ2v) is 7.41. The Morgan fingerprint density at radius 2 is 1.74 bits per heavy atom. The lowest BCUT2D eigenvalue weighted by molar-refractivity contribution is 0.604. The normalized spacial score (nSPS) is 13.6. The zero-order valence-electron chi connectivity index (χ0n) is 12.4. The van der Waals surface area contributed by atoms with Gasteiger partial charge in [0.05, 0.1) is 6.04 Å². The van der Waals surface area contributed by atoms with Gasteiger partial charge < -0.3 is 5.73 Å². The van der Waals surface area contributed by atoms with Crippen molar-refractivity contribution in [2.45, 2.75) is 46.1 Å². The van der Waals surface area contributed by atoms with Gasteiger partial charge in [-0.15, -0.1) is 11.3 Å². The van der Waals surface area contributed by atoms with Crippen LogP contribution >= 0.6 is 11.3 Å². The van der Waals surface area contributed by atoms with Crippen molar-refractivity contribution in [3.63, 3.8) is 0 Å². The Hall–Kier alpha value is -1.12. The van der Waals surface area contributed by atoms with E-state index in [1.165, 1.54) is 26.4 Å². The highest BCUT2D eigenvalue weighted by Crippen LogP contribution is 2.34. The molecule has 2 heteroatoms. The molecule has 2 aromatic rings. The fraction of sp³-hybridized carbons (Fsp3) is 0.412. The Balaban J connectivity index is 2.34. The summed E-state index contributed by atoms with van der Waals surface area (Å²) >= 11 is 1.83. The highest BCUT2D eigenvalue weighted by molar-refractivity contribution is 7.12. The third-order valence-electron chi connectivity index (χ3n) is 3.43. The minimum Gasteiger partial charge on any atom is -0.320 e. The van der Waals surface area contributed by atoms with Crippen molar-refractivity contribution in [3.8, 4) is 0 Å². The van der Waals surface area contributed by atoms with E-state index in [0.29, 0.717) is 0 Å². The molecule has 2 N–H and O–H groups in total. The van der Waals surface area contributed by atoms with E-state index < -0.39 is 0 Å². The molecule has 2 rings (SSSR count). The van der Waals surface area contributed by atoms with Crippen LogP contribution < -0.4 is 5.73 Å². The largest absolute Gasteiger partial charge is 0.320 e. The molecule has 1 atom stereocenters. The Labute approximate surface area is 120 Å². The quantitative estimate of drug-likeness (QED) is 0.842. The molecule has 0 aliphatic rings. The molecular formula is C17H23NS. The van der Waals surface area contributed by atoms with Gasteiger partial charge in [0.15, 0.2) is 0 Å². The Kier molecular flexibility index (Phi) is 3.84. The van der Waals surface area contributed by atoms with E-state index in [0.717, 1.165) is 0 Å². The highest BCUT2D eigenvalue weighted by Gasteiger charge is 2.19. The van der Waals surface area contributed by atoms with Crippen molar-refractivity contribution >= 4 is 11.3 Å². The lowest BCUT2D eigenvalue weighted by Crippen LogP contribution is -2.12. The van der Waals surface area contributed by atoms with Gasteiger partial charge in [-0.3, -0.25) is 0 Å². The van der Waals surface area contributed by atoms with Crippen LogP contribution in [0.5, 0.6) is 0 Å². The van der Waals surface area contributed by atoms with Crippen LogP contribution in [0.15, 0.2) is 30.3 Å². The minimum atomic E-state index is -0.0123. The molecule has 0 amide bonds. The average Bonchev–Trinajstić information content (AvgIpc) is 2.76. The molecule has 19 heavy (non-hydrogen) atoms. The van der Waals surface area contributed by atoms with Gasteiger partial charge in [-0.2, -0.15) is 0 Å². The zero-order valence-corrected chi connectivity index (χ0v) is 13.3. The maximum absolute atomic E-state index is 6.43. The van der Waals surface area contributed by atoms with E-state index in [1.54, 1.807) is 0 Å². The van der Waals surface area contributed by atoms with Crippen LogP contribution in [0.2, 0.25) is 0 Å². The number of hydrogen-bond donors (Lipinski definition) is 1. The number of hydrogen-bond acceptors (Lipinski definition) is 2. The second kappa shape index (κ2) is 5.10. The van der Waals surface area contributed by atoms with E-state index in [9.17, 15) is 0 Å². The van der Waals surface area contributed by atoms with Crippen molar-refractivity contribution in [1.29, 1.82) is 0 Å². The van der Waals surface area contributed by atoms with E-state index in [-0.39, 0.29) is 11.5 Å². The summed E-state index contributed by atoms with van der Waals surface area (Å²) in [6, 6.07) is 10.9. The predicted molar refractivity (Wildman–Crippen MR) is 85.0 cm³/mol. The molecule has 0 aliphatic carbocycles. The summed E-state index contributed by atoms with van der Waals surface area (Å²) in [7, 11) is 0. The topological polar surface area (TPSA) is 26.0 Å². The monoisotopic (exact) mass is 273 g/mol. The summed E-state index contributed by atoms with van der Waals surface area (Å²) in [5.41, 5.74) is 10.4. The van der Waals surface area contributed by atoms with Crippen LogP contribution in [0, 0.1) is 13.8 Å². The summed E-state index contributed by atoms with van der Waals surface area (Å²) in [5.74, 6) is 0. The first-order chi connectivity index (χ1) is 8.79. The van der Waals surface area contributed by atoms with Gasteiger partial charge >= 0.3 is 0 Å². The number of rotatable bonds is 2. The SMILES string of the molecule is Cc1ccc(C(N)c2ccc(C(C)(C)C)s2)c(C)c1. The molecule has 0 radical (unpaired) electrons. The van der Waals surface area contributed by atoms with Crippen molar-refractivity contribution in [2.75, 3.05) is 0 Å². The van der Waals surface area contributed by atoms with Crippen LogP contribution in [0.3, 0.4) is 0 Å². The van der Waals surface area contributed by atoms with Gasteiger partial charge in [-0.05, 0) is 42.5 Å². The molecule has 0 saturated heterocycles. The van der Waals surface area contributed by atoms with E-state index in [1.807, 2.05) is 11.3 Å².